The van der Waals surface area contributed by atoms with E-state index in [2.05, 4.69) is 15.9 Å². The molecule has 0 atom stereocenters. The van der Waals surface area contributed by atoms with Crippen molar-refractivity contribution in [3.63, 3.8) is 0 Å². The van der Waals surface area contributed by atoms with Gasteiger partial charge in [0.2, 0.25) is 0 Å². The van der Waals surface area contributed by atoms with Crippen molar-refractivity contribution >= 4 is 21.6 Å². The normalized spacial score (nSPS) is 48.2. The maximum absolute atomic E-state index is 7.92. The van der Waals surface area contributed by atoms with Gasteiger partial charge in [0.1, 0.15) is 0 Å². The van der Waals surface area contributed by atoms with E-state index in [4.69, 9.17) is 16.4 Å². The molecule has 64 valence electrons. The first-order chi connectivity index (χ1) is 10.5. The van der Waals surface area contributed by atoms with Gasteiger partial charge < -0.3 is 4.90 Å². The Bertz CT molecular complexity index is 659. The van der Waals surface area contributed by atoms with E-state index in [0.717, 1.165) is 0 Å². The average Bonchev–Trinajstić information content (AvgIpc) is 2.52. The van der Waals surface area contributed by atoms with Gasteiger partial charge >= 0.3 is 0 Å². The van der Waals surface area contributed by atoms with Gasteiger partial charge in [0.05, 0.1) is 5.48 Å². The summed E-state index contributed by atoms with van der Waals surface area (Å²) < 4.78 is 93.7. The van der Waals surface area contributed by atoms with E-state index in [0.29, 0.717) is 0 Å². The summed E-state index contributed by atoms with van der Waals surface area (Å²) >= 11 is 2.86. The van der Waals surface area contributed by atoms with Crippen molar-refractivity contribution < 1.29 is 16.4 Å². The van der Waals surface area contributed by atoms with Crippen molar-refractivity contribution in [1.82, 2.24) is 0 Å². The van der Waals surface area contributed by atoms with E-state index in [-0.39, 0.29) is 9.37 Å². The fraction of sp³-hybridized carbons (Fsp3) is 0.400. The van der Waals surface area contributed by atoms with Crippen LogP contribution in [0.5, 0.6) is 0 Å². The van der Waals surface area contributed by atoms with Gasteiger partial charge in [0, 0.05) is 34.1 Å². The highest BCUT2D eigenvalue weighted by molar-refractivity contribution is 9.10. The fourth-order valence-corrected chi connectivity index (χ4v) is 0.908. The summed E-state index contributed by atoms with van der Waals surface area (Å²) in [4.78, 5) is 0.0349. The maximum atomic E-state index is 7.92. The van der Waals surface area contributed by atoms with Crippen molar-refractivity contribution in [2.24, 2.45) is 0 Å². The van der Waals surface area contributed by atoms with E-state index >= 15 is 0 Å². The number of benzene rings is 1. The van der Waals surface area contributed by atoms with Crippen LogP contribution in [0.3, 0.4) is 0 Å². The van der Waals surface area contributed by atoms with Gasteiger partial charge in [-0.3, -0.25) is 0 Å². The Labute approximate surface area is 98.4 Å². The summed E-state index contributed by atoms with van der Waals surface area (Å²) in [6.45, 7) is -6.53. The Morgan fingerprint density at radius 1 is 1.25 bits per heavy atom. The average molecular weight is 238 g/mol. The van der Waals surface area contributed by atoms with Crippen LogP contribution in [0.1, 0.15) is 29.2 Å². The lowest BCUT2D eigenvalue weighted by Crippen LogP contribution is -2.17. The molecule has 1 aliphatic rings. The summed E-state index contributed by atoms with van der Waals surface area (Å²) in [6, 6.07) is -2.82. The van der Waals surface area contributed by atoms with Crippen molar-refractivity contribution in [3.8, 4) is 0 Å². The summed E-state index contributed by atoms with van der Waals surface area (Å²) in [6.07, 6.45) is -6.64. The molecule has 0 aromatic heterocycles. The molecule has 1 aromatic carbocycles. The topological polar surface area (TPSA) is 3.24 Å². The molecule has 1 heterocycles. The minimum atomic E-state index is -3.32. The molecule has 0 amide bonds. The van der Waals surface area contributed by atoms with Crippen molar-refractivity contribution in [3.05, 3.63) is 28.6 Å². The molecule has 0 N–H and O–H groups in total. The number of nitrogens with zero attached hydrogens (tertiary/aromatic N) is 1. The van der Waals surface area contributed by atoms with Crippen LogP contribution in [0, 0.1) is 0 Å². The highest BCUT2D eigenvalue weighted by atomic mass is 79.9. The van der Waals surface area contributed by atoms with Crippen LogP contribution in [0.25, 0.3) is 0 Å². The molecule has 12 heavy (non-hydrogen) atoms. The number of rotatable bonds is 1. The summed E-state index contributed by atoms with van der Waals surface area (Å²) in [5.41, 5.74) is -0.839. The van der Waals surface area contributed by atoms with Gasteiger partial charge in [-0.2, -0.15) is 0 Å². The minimum absolute atomic E-state index is 0.0349. The van der Waals surface area contributed by atoms with Crippen molar-refractivity contribution in [1.29, 1.82) is 0 Å². The molecule has 0 bridgehead atoms. The lowest BCUT2D eigenvalue weighted by Gasteiger charge is -2.16. The second-order valence-corrected chi connectivity index (χ2v) is 2.76. The minimum Gasteiger partial charge on any atom is -0.372 e. The molecule has 1 fully saturated rings. The van der Waals surface area contributed by atoms with Gasteiger partial charge in [-0.05, 0) is 36.9 Å². The Morgan fingerprint density at radius 2 is 1.83 bits per heavy atom. The van der Waals surface area contributed by atoms with E-state index in [1.54, 1.807) is 0 Å². The van der Waals surface area contributed by atoms with Gasteiger partial charge in [-0.1, -0.05) is 15.9 Å². The highest BCUT2D eigenvalue weighted by Gasteiger charge is 2.11. The SMILES string of the molecule is [2H]c1c([2H])c(N2C([2H])([2H])C([2H])([2H])C([2H])([2H])C2([2H])[2H])c([2H])c([2H])c1Br. The molecule has 0 aliphatic carbocycles. The van der Waals surface area contributed by atoms with E-state index in [1.165, 1.54) is 0 Å². The van der Waals surface area contributed by atoms with Gasteiger partial charge in [-0.15, -0.1) is 0 Å². The van der Waals surface area contributed by atoms with Crippen LogP contribution in [0.15, 0.2) is 28.6 Å². The van der Waals surface area contributed by atoms with Crippen LogP contribution >= 0.6 is 15.9 Å². The van der Waals surface area contributed by atoms with Gasteiger partial charge in [0.25, 0.3) is 0 Å². The Balaban J connectivity index is 2.92. The number of hydrogen-bond donors (Lipinski definition) is 0. The largest absolute Gasteiger partial charge is 0.372 e. The molecule has 1 nitrogen and oxygen atoms in total. The van der Waals surface area contributed by atoms with Crippen LogP contribution in [0.2, 0.25) is 0 Å². The Kier molecular flexibility index (Phi) is 0.613. The monoisotopic (exact) mass is 237 g/mol. The van der Waals surface area contributed by atoms with Crippen LogP contribution in [-0.2, 0) is 0 Å². The predicted octanol–water partition coefficient (Wildman–Crippen LogP) is 3.05. The first kappa shape index (κ1) is 2.11. The first-order valence-electron chi connectivity index (χ1n) is 9.11. The van der Waals surface area contributed by atoms with Crippen LogP contribution in [0.4, 0.5) is 5.69 Å². The summed E-state index contributed by atoms with van der Waals surface area (Å²) in [5.74, 6) is 0. The third kappa shape index (κ3) is 1.63. The molecule has 1 saturated heterocycles. The zero-order valence-corrected chi connectivity index (χ0v) is 7.41. The molecule has 0 spiro atoms. The highest BCUT2D eigenvalue weighted by Crippen LogP contribution is 2.21. The quantitative estimate of drug-likeness (QED) is 0.726. The van der Waals surface area contributed by atoms with Crippen LogP contribution < -0.4 is 4.90 Å². The zero-order chi connectivity index (χ0) is 19.0. The molecule has 2 rings (SSSR count). The fourth-order valence-electron chi connectivity index (χ4n) is 0.710. The number of hydrogen-bond acceptors (Lipinski definition) is 1. The zero-order valence-electron chi connectivity index (χ0n) is 17.8. The molecule has 0 radical (unpaired) electrons. The molecule has 2 heteroatoms. The third-order valence-electron chi connectivity index (χ3n) is 1.20. The molecule has 1 aromatic rings. The number of halogens is 1. The lowest BCUT2D eigenvalue weighted by atomic mass is 10.3. The van der Waals surface area contributed by atoms with E-state index in [9.17, 15) is 0 Å². The molecular weight excluding hydrogens is 214 g/mol. The van der Waals surface area contributed by atoms with Crippen molar-refractivity contribution in [2.75, 3.05) is 17.9 Å². The molecular formula is C10H12BrN. The molecule has 0 saturated carbocycles. The Morgan fingerprint density at radius 3 is 2.42 bits per heavy atom. The van der Waals surface area contributed by atoms with Crippen molar-refractivity contribution in [2.45, 2.75) is 12.7 Å². The third-order valence-corrected chi connectivity index (χ3v) is 1.60. The van der Waals surface area contributed by atoms with E-state index in [1.807, 2.05) is 0 Å². The predicted molar refractivity (Wildman–Crippen MR) is 55.6 cm³/mol. The van der Waals surface area contributed by atoms with E-state index < -0.39 is 55.6 Å². The second kappa shape index (κ2) is 3.48. The van der Waals surface area contributed by atoms with Gasteiger partial charge in [0.15, 0.2) is 0 Å². The van der Waals surface area contributed by atoms with Crippen LogP contribution in [-0.4, -0.2) is 13.0 Å². The maximum Gasteiger partial charge on any atom is 0.0645 e. The first-order valence-corrected chi connectivity index (χ1v) is 3.90. The molecule has 0 unspecified atom stereocenters. The van der Waals surface area contributed by atoms with Gasteiger partial charge in [-0.25, -0.2) is 0 Å². The molecule has 1 aliphatic heterocycles. The Hall–Kier alpha value is -0.500. The number of anilines is 1. The summed E-state index contributed by atoms with van der Waals surface area (Å²) in [7, 11) is 0. The smallest absolute Gasteiger partial charge is 0.0645 e. The summed E-state index contributed by atoms with van der Waals surface area (Å²) in [5, 5.41) is 0. The second-order valence-electron chi connectivity index (χ2n) is 1.97. The standard InChI is InChI=1S/C10H12BrN/c11-9-3-5-10(6-4-9)12-7-1-2-8-12/h3-6H,1-2,7-8H2/i1D2,2D2,3D,4D,5D,6D,7D2,8D2. The lowest BCUT2D eigenvalue weighted by molar-refractivity contribution is 0.949.